The topological polar surface area (TPSA) is 78.5 Å². The molecule has 0 unspecified atom stereocenters. The van der Waals surface area contributed by atoms with Gasteiger partial charge in [0, 0.05) is 30.0 Å². The summed E-state index contributed by atoms with van der Waals surface area (Å²) in [4.78, 5) is 15.3. The van der Waals surface area contributed by atoms with Crippen molar-refractivity contribution in [2.24, 2.45) is 0 Å². The molecule has 1 amide bonds. The summed E-state index contributed by atoms with van der Waals surface area (Å²) in [6.07, 6.45) is 2.41. The van der Waals surface area contributed by atoms with Crippen LogP contribution in [0.5, 0.6) is 0 Å². The van der Waals surface area contributed by atoms with E-state index in [2.05, 4.69) is 14.9 Å². The zero-order chi connectivity index (χ0) is 23.6. The predicted molar refractivity (Wildman–Crippen MR) is 134 cm³/mol. The second kappa shape index (κ2) is 9.27. The molecule has 0 atom stereocenters. The molecule has 33 heavy (non-hydrogen) atoms. The molecule has 3 aromatic carbocycles. The molecule has 1 saturated heterocycles. The molecular weight excluding hydrogens is 434 g/mol. The SMILES string of the molecule is Cc1ccc(C)c(NS(=O)(=O)c2cc(C(=O)Nc3ccc(N4CCCC4)cc3)ccc2C)c1. The minimum Gasteiger partial charge on any atom is -0.372 e. The number of hydrogen-bond acceptors (Lipinski definition) is 4. The summed E-state index contributed by atoms with van der Waals surface area (Å²) in [5.74, 6) is -0.355. The molecule has 3 aromatic rings. The minimum atomic E-state index is -3.86. The van der Waals surface area contributed by atoms with Gasteiger partial charge in [0.15, 0.2) is 0 Å². The number of sulfonamides is 1. The van der Waals surface area contributed by atoms with Crippen molar-refractivity contribution < 1.29 is 13.2 Å². The molecule has 172 valence electrons. The first-order valence-electron chi connectivity index (χ1n) is 11.1. The summed E-state index contributed by atoms with van der Waals surface area (Å²) in [6, 6.07) is 18.1. The van der Waals surface area contributed by atoms with Crippen molar-refractivity contribution in [1.29, 1.82) is 0 Å². The number of aryl methyl sites for hydroxylation is 3. The molecule has 1 fully saturated rings. The van der Waals surface area contributed by atoms with Crippen LogP contribution in [0.15, 0.2) is 65.6 Å². The van der Waals surface area contributed by atoms with Gasteiger partial charge in [-0.05, 0) is 92.8 Å². The number of amides is 1. The van der Waals surface area contributed by atoms with Crippen molar-refractivity contribution in [2.45, 2.75) is 38.5 Å². The molecule has 2 N–H and O–H groups in total. The summed E-state index contributed by atoms with van der Waals surface area (Å²) in [7, 11) is -3.86. The van der Waals surface area contributed by atoms with Crippen LogP contribution in [0.2, 0.25) is 0 Å². The Morgan fingerprint density at radius 2 is 1.52 bits per heavy atom. The highest BCUT2D eigenvalue weighted by Gasteiger charge is 2.20. The Morgan fingerprint density at radius 1 is 0.848 bits per heavy atom. The number of rotatable bonds is 6. The molecule has 0 saturated carbocycles. The van der Waals surface area contributed by atoms with Gasteiger partial charge in [-0.3, -0.25) is 9.52 Å². The average molecular weight is 464 g/mol. The van der Waals surface area contributed by atoms with Gasteiger partial charge in [0.05, 0.1) is 10.6 Å². The Labute approximate surface area is 195 Å². The van der Waals surface area contributed by atoms with Crippen LogP contribution in [0.4, 0.5) is 17.1 Å². The largest absolute Gasteiger partial charge is 0.372 e. The monoisotopic (exact) mass is 463 g/mol. The van der Waals surface area contributed by atoms with E-state index in [4.69, 9.17) is 0 Å². The van der Waals surface area contributed by atoms with Crippen molar-refractivity contribution in [3.63, 3.8) is 0 Å². The van der Waals surface area contributed by atoms with Crippen LogP contribution in [0.3, 0.4) is 0 Å². The minimum absolute atomic E-state index is 0.0837. The molecule has 1 heterocycles. The lowest BCUT2D eigenvalue weighted by atomic mass is 10.1. The summed E-state index contributed by atoms with van der Waals surface area (Å²) in [5, 5.41) is 2.87. The molecular formula is C26H29N3O3S. The average Bonchev–Trinajstić information content (AvgIpc) is 3.32. The molecule has 0 radical (unpaired) electrons. The van der Waals surface area contributed by atoms with Gasteiger partial charge in [0.1, 0.15) is 0 Å². The van der Waals surface area contributed by atoms with Crippen LogP contribution in [0, 0.1) is 20.8 Å². The van der Waals surface area contributed by atoms with Gasteiger partial charge in [0.25, 0.3) is 15.9 Å². The van der Waals surface area contributed by atoms with E-state index in [1.54, 1.807) is 25.1 Å². The molecule has 0 aromatic heterocycles. The maximum Gasteiger partial charge on any atom is 0.262 e. The first-order valence-corrected chi connectivity index (χ1v) is 12.6. The van der Waals surface area contributed by atoms with Crippen LogP contribution >= 0.6 is 0 Å². The van der Waals surface area contributed by atoms with Crippen molar-refractivity contribution >= 4 is 33.0 Å². The smallest absolute Gasteiger partial charge is 0.262 e. The van der Waals surface area contributed by atoms with Crippen LogP contribution in [0.25, 0.3) is 0 Å². The molecule has 4 rings (SSSR count). The third-order valence-corrected chi connectivity index (χ3v) is 7.48. The summed E-state index contributed by atoms with van der Waals surface area (Å²) in [6.45, 7) is 7.59. The van der Waals surface area contributed by atoms with Gasteiger partial charge in [-0.25, -0.2) is 8.42 Å². The van der Waals surface area contributed by atoms with Crippen molar-refractivity contribution in [2.75, 3.05) is 28.0 Å². The fourth-order valence-electron chi connectivity index (χ4n) is 4.01. The van der Waals surface area contributed by atoms with E-state index >= 15 is 0 Å². The molecule has 0 aliphatic carbocycles. The van der Waals surface area contributed by atoms with Crippen LogP contribution in [0.1, 0.15) is 39.9 Å². The number of nitrogens with one attached hydrogen (secondary N) is 2. The Balaban J connectivity index is 1.53. The van der Waals surface area contributed by atoms with Gasteiger partial charge in [0.2, 0.25) is 0 Å². The third kappa shape index (κ3) is 5.20. The normalized spacial score (nSPS) is 13.7. The van der Waals surface area contributed by atoms with E-state index in [0.29, 0.717) is 16.9 Å². The van der Waals surface area contributed by atoms with Gasteiger partial charge in [-0.1, -0.05) is 18.2 Å². The van der Waals surface area contributed by atoms with Crippen LogP contribution < -0.4 is 14.9 Å². The first-order chi connectivity index (χ1) is 15.7. The van der Waals surface area contributed by atoms with Crippen molar-refractivity contribution in [3.8, 4) is 0 Å². The Bertz CT molecular complexity index is 1280. The number of benzene rings is 3. The zero-order valence-electron chi connectivity index (χ0n) is 19.2. The number of hydrogen-bond donors (Lipinski definition) is 2. The lowest BCUT2D eigenvalue weighted by Crippen LogP contribution is -2.18. The second-order valence-electron chi connectivity index (χ2n) is 8.60. The maximum atomic E-state index is 13.1. The molecule has 6 nitrogen and oxygen atoms in total. The molecule has 0 spiro atoms. The van der Waals surface area contributed by atoms with Gasteiger partial charge in [-0.15, -0.1) is 0 Å². The highest BCUT2D eigenvalue weighted by molar-refractivity contribution is 7.92. The van der Waals surface area contributed by atoms with Crippen molar-refractivity contribution in [3.05, 3.63) is 82.9 Å². The molecule has 7 heteroatoms. The van der Waals surface area contributed by atoms with Gasteiger partial charge in [-0.2, -0.15) is 0 Å². The number of carbonyl (C=O) groups is 1. The van der Waals surface area contributed by atoms with E-state index in [-0.39, 0.29) is 16.4 Å². The Morgan fingerprint density at radius 3 is 2.21 bits per heavy atom. The van der Waals surface area contributed by atoms with Crippen molar-refractivity contribution in [1.82, 2.24) is 0 Å². The number of anilines is 3. The number of carbonyl (C=O) groups excluding carboxylic acids is 1. The van der Waals surface area contributed by atoms with E-state index in [1.165, 1.54) is 18.9 Å². The van der Waals surface area contributed by atoms with E-state index in [9.17, 15) is 13.2 Å². The quantitative estimate of drug-likeness (QED) is 0.522. The van der Waals surface area contributed by atoms with E-state index < -0.39 is 10.0 Å². The summed E-state index contributed by atoms with van der Waals surface area (Å²) < 4.78 is 28.9. The standard InChI is InChI=1S/C26H29N3O3S/c1-18-6-7-19(2)24(16-18)28-33(31,32)25-17-21(9-8-20(25)3)26(30)27-22-10-12-23(13-11-22)29-14-4-5-15-29/h6-13,16-17,28H,4-5,14-15H2,1-3H3,(H,27,30). The number of nitrogens with zero attached hydrogens (tertiary/aromatic N) is 1. The zero-order valence-corrected chi connectivity index (χ0v) is 20.0. The molecule has 1 aliphatic heterocycles. The van der Waals surface area contributed by atoms with E-state index in [0.717, 1.165) is 29.9 Å². The van der Waals surface area contributed by atoms with Gasteiger partial charge < -0.3 is 10.2 Å². The lowest BCUT2D eigenvalue weighted by molar-refractivity contribution is 0.102. The maximum absolute atomic E-state index is 13.1. The van der Waals surface area contributed by atoms with E-state index in [1.807, 2.05) is 50.2 Å². The third-order valence-electron chi connectivity index (χ3n) is 5.97. The molecule has 1 aliphatic rings. The summed E-state index contributed by atoms with van der Waals surface area (Å²) in [5.41, 5.74) is 4.98. The summed E-state index contributed by atoms with van der Waals surface area (Å²) >= 11 is 0. The first kappa shape index (κ1) is 22.9. The second-order valence-corrected chi connectivity index (χ2v) is 10.3. The Hall–Kier alpha value is -3.32. The van der Waals surface area contributed by atoms with Crippen LogP contribution in [-0.4, -0.2) is 27.4 Å². The highest BCUT2D eigenvalue weighted by Crippen LogP contribution is 2.25. The fourth-order valence-corrected chi connectivity index (χ4v) is 5.40. The highest BCUT2D eigenvalue weighted by atomic mass is 32.2. The Kier molecular flexibility index (Phi) is 6.42. The fraction of sp³-hybridized carbons (Fsp3) is 0.269. The predicted octanol–water partition coefficient (Wildman–Crippen LogP) is 5.27. The van der Waals surface area contributed by atoms with Crippen LogP contribution in [-0.2, 0) is 10.0 Å². The van der Waals surface area contributed by atoms with Gasteiger partial charge >= 0.3 is 0 Å². The molecule has 0 bridgehead atoms. The lowest BCUT2D eigenvalue weighted by Gasteiger charge is -2.18.